The van der Waals surface area contributed by atoms with E-state index in [0.29, 0.717) is 22.6 Å². The Morgan fingerprint density at radius 1 is 1.07 bits per heavy atom. The second-order valence-corrected chi connectivity index (χ2v) is 7.68. The van der Waals surface area contributed by atoms with E-state index in [-0.39, 0.29) is 17.8 Å². The molecule has 7 heteroatoms. The van der Waals surface area contributed by atoms with Crippen molar-refractivity contribution in [3.05, 3.63) is 53.1 Å². The summed E-state index contributed by atoms with van der Waals surface area (Å²) >= 11 is 1.26. The van der Waals surface area contributed by atoms with Crippen molar-refractivity contribution in [2.45, 2.75) is 31.2 Å². The Morgan fingerprint density at radius 3 is 2.74 bits per heavy atom. The van der Waals surface area contributed by atoms with Gasteiger partial charge in [0, 0.05) is 11.1 Å². The molecule has 1 aliphatic rings. The van der Waals surface area contributed by atoms with Gasteiger partial charge in [0.25, 0.3) is 5.22 Å². The smallest absolute Gasteiger partial charge is 0.277 e. The molecule has 2 heterocycles. The normalized spacial score (nSPS) is 13.6. The fourth-order valence-electron chi connectivity index (χ4n) is 2.83. The summed E-state index contributed by atoms with van der Waals surface area (Å²) in [5.41, 5.74) is 3.49. The van der Waals surface area contributed by atoms with Gasteiger partial charge in [-0.05, 0) is 50.6 Å². The lowest BCUT2D eigenvalue weighted by Gasteiger charge is -2.10. The van der Waals surface area contributed by atoms with Crippen LogP contribution < -0.4 is 9.47 Å². The first kappa shape index (κ1) is 17.6. The SMILES string of the molecule is Cc1ccc(C)c(C(=O)C(C)Sc2nnc(-c3ccc4c(c3)OCO4)o2)c1. The zero-order chi connectivity index (χ0) is 19.0. The maximum atomic E-state index is 12.8. The van der Waals surface area contributed by atoms with Gasteiger partial charge in [0.05, 0.1) is 5.25 Å². The van der Waals surface area contributed by atoms with E-state index in [1.807, 2.05) is 45.0 Å². The quantitative estimate of drug-likeness (QED) is 0.477. The highest BCUT2D eigenvalue weighted by molar-refractivity contribution is 8.00. The van der Waals surface area contributed by atoms with Crippen LogP contribution in [0.15, 0.2) is 46.0 Å². The van der Waals surface area contributed by atoms with E-state index in [0.717, 1.165) is 22.3 Å². The standard InChI is InChI=1S/C20H18N2O4S/c1-11-4-5-12(2)15(8-11)18(23)13(3)27-20-22-21-19(26-20)14-6-7-16-17(9-14)25-10-24-16/h4-9,13H,10H2,1-3H3. The van der Waals surface area contributed by atoms with Crippen LogP contribution in [-0.2, 0) is 0 Å². The van der Waals surface area contributed by atoms with E-state index in [1.165, 1.54) is 11.8 Å². The van der Waals surface area contributed by atoms with Crippen LogP contribution in [-0.4, -0.2) is 28.0 Å². The van der Waals surface area contributed by atoms with Gasteiger partial charge in [-0.15, -0.1) is 10.2 Å². The Balaban J connectivity index is 1.50. The highest BCUT2D eigenvalue weighted by Crippen LogP contribution is 2.36. The third-order valence-corrected chi connectivity index (χ3v) is 5.27. The molecule has 0 N–H and O–H groups in total. The summed E-state index contributed by atoms with van der Waals surface area (Å²) in [5.74, 6) is 1.77. The van der Waals surface area contributed by atoms with Crippen molar-refractivity contribution in [3.63, 3.8) is 0 Å². The first-order chi connectivity index (χ1) is 13.0. The number of ketones is 1. The van der Waals surface area contributed by atoms with E-state index in [4.69, 9.17) is 13.9 Å². The van der Waals surface area contributed by atoms with E-state index >= 15 is 0 Å². The van der Waals surface area contributed by atoms with Crippen LogP contribution in [0.4, 0.5) is 0 Å². The molecule has 1 aliphatic heterocycles. The van der Waals surface area contributed by atoms with Gasteiger partial charge in [0.1, 0.15) is 0 Å². The van der Waals surface area contributed by atoms with Gasteiger partial charge in [-0.1, -0.05) is 29.5 Å². The number of carbonyl (C=O) groups is 1. The number of benzene rings is 2. The van der Waals surface area contributed by atoms with Crippen LogP contribution in [0, 0.1) is 13.8 Å². The Bertz CT molecular complexity index is 1010. The molecule has 138 valence electrons. The molecule has 3 aromatic rings. The van der Waals surface area contributed by atoms with Gasteiger partial charge in [-0.25, -0.2) is 0 Å². The van der Waals surface area contributed by atoms with Crippen molar-refractivity contribution in [1.82, 2.24) is 10.2 Å². The number of hydrogen-bond donors (Lipinski definition) is 0. The number of aromatic nitrogens is 2. The number of Topliss-reactive ketones (excluding diaryl/α,β-unsaturated/α-hetero) is 1. The lowest BCUT2D eigenvalue weighted by atomic mass is 10.0. The number of aryl methyl sites for hydroxylation is 2. The molecule has 1 atom stereocenters. The number of thioether (sulfide) groups is 1. The van der Waals surface area contributed by atoms with Gasteiger partial charge >= 0.3 is 0 Å². The van der Waals surface area contributed by atoms with Crippen LogP contribution in [0.1, 0.15) is 28.4 Å². The molecule has 0 fully saturated rings. The average Bonchev–Trinajstić information content (AvgIpc) is 3.31. The maximum absolute atomic E-state index is 12.8. The van der Waals surface area contributed by atoms with E-state index in [2.05, 4.69) is 10.2 Å². The summed E-state index contributed by atoms with van der Waals surface area (Å²) in [6, 6.07) is 11.3. The Morgan fingerprint density at radius 2 is 1.89 bits per heavy atom. The monoisotopic (exact) mass is 382 g/mol. The van der Waals surface area contributed by atoms with E-state index in [9.17, 15) is 4.79 Å². The number of nitrogens with zero attached hydrogens (tertiary/aromatic N) is 2. The average molecular weight is 382 g/mol. The Kier molecular flexibility index (Phi) is 4.61. The van der Waals surface area contributed by atoms with Crippen LogP contribution >= 0.6 is 11.8 Å². The van der Waals surface area contributed by atoms with Crippen molar-refractivity contribution in [1.29, 1.82) is 0 Å². The number of ether oxygens (including phenoxy) is 2. The molecule has 27 heavy (non-hydrogen) atoms. The summed E-state index contributed by atoms with van der Waals surface area (Å²) in [6.45, 7) is 5.97. The third-order valence-electron chi connectivity index (χ3n) is 4.33. The van der Waals surface area contributed by atoms with E-state index < -0.39 is 0 Å². The number of rotatable bonds is 5. The molecule has 0 aliphatic carbocycles. The van der Waals surface area contributed by atoms with Crippen LogP contribution in [0.25, 0.3) is 11.5 Å². The molecule has 0 saturated carbocycles. The van der Waals surface area contributed by atoms with E-state index in [1.54, 1.807) is 12.1 Å². The lowest BCUT2D eigenvalue weighted by Crippen LogP contribution is -2.15. The van der Waals surface area contributed by atoms with Gasteiger partial charge in [0.15, 0.2) is 17.3 Å². The summed E-state index contributed by atoms with van der Waals surface area (Å²) in [6.07, 6.45) is 0. The van der Waals surface area contributed by atoms with Crippen molar-refractivity contribution in [2.75, 3.05) is 6.79 Å². The first-order valence-electron chi connectivity index (χ1n) is 8.53. The fraction of sp³-hybridized carbons (Fsp3) is 0.250. The molecule has 0 saturated heterocycles. The largest absolute Gasteiger partial charge is 0.454 e. The topological polar surface area (TPSA) is 74.5 Å². The molecular weight excluding hydrogens is 364 g/mol. The summed E-state index contributed by atoms with van der Waals surface area (Å²) in [5, 5.41) is 8.17. The van der Waals surface area contributed by atoms with Crippen LogP contribution in [0.2, 0.25) is 0 Å². The van der Waals surface area contributed by atoms with Crippen LogP contribution in [0.5, 0.6) is 11.5 Å². The molecular formula is C20H18N2O4S. The second-order valence-electron chi connectivity index (χ2n) is 6.38. The van der Waals surface area contributed by atoms with Crippen molar-refractivity contribution in [2.24, 2.45) is 0 Å². The summed E-state index contributed by atoms with van der Waals surface area (Å²) in [4.78, 5) is 12.8. The lowest BCUT2D eigenvalue weighted by molar-refractivity contribution is 0.0993. The second kappa shape index (κ2) is 7.08. The van der Waals surface area contributed by atoms with Crippen LogP contribution in [0.3, 0.4) is 0 Å². The zero-order valence-electron chi connectivity index (χ0n) is 15.2. The minimum atomic E-state index is -0.337. The summed E-state index contributed by atoms with van der Waals surface area (Å²) < 4.78 is 16.4. The first-order valence-corrected chi connectivity index (χ1v) is 9.41. The van der Waals surface area contributed by atoms with Crippen molar-refractivity contribution < 1.29 is 18.7 Å². The molecule has 0 amide bonds. The molecule has 1 unspecified atom stereocenters. The Hall–Kier alpha value is -2.80. The van der Waals surface area contributed by atoms with Gasteiger partial charge < -0.3 is 13.9 Å². The molecule has 0 bridgehead atoms. The number of fused-ring (bicyclic) bond motifs is 1. The molecule has 4 rings (SSSR count). The molecule has 6 nitrogen and oxygen atoms in total. The molecule has 1 aromatic heterocycles. The fourth-order valence-corrected chi connectivity index (χ4v) is 3.58. The minimum Gasteiger partial charge on any atom is -0.454 e. The summed E-state index contributed by atoms with van der Waals surface area (Å²) in [7, 11) is 0. The Labute approximate surface area is 160 Å². The maximum Gasteiger partial charge on any atom is 0.277 e. The number of carbonyl (C=O) groups excluding carboxylic acids is 1. The van der Waals surface area contributed by atoms with Gasteiger partial charge in [-0.3, -0.25) is 4.79 Å². The number of hydrogen-bond acceptors (Lipinski definition) is 7. The predicted molar refractivity (Wildman–Crippen MR) is 101 cm³/mol. The molecule has 0 spiro atoms. The minimum absolute atomic E-state index is 0.0454. The predicted octanol–water partition coefficient (Wildman–Crippen LogP) is 4.45. The van der Waals surface area contributed by atoms with Crippen molar-refractivity contribution in [3.8, 4) is 23.0 Å². The van der Waals surface area contributed by atoms with Gasteiger partial charge in [-0.2, -0.15) is 0 Å². The molecule has 2 aromatic carbocycles. The third kappa shape index (κ3) is 3.55. The zero-order valence-corrected chi connectivity index (χ0v) is 16.0. The van der Waals surface area contributed by atoms with Gasteiger partial charge in [0.2, 0.25) is 12.7 Å². The molecule has 0 radical (unpaired) electrons. The van der Waals surface area contributed by atoms with Crippen molar-refractivity contribution >= 4 is 17.5 Å². The highest BCUT2D eigenvalue weighted by atomic mass is 32.2. The highest BCUT2D eigenvalue weighted by Gasteiger charge is 2.22.